The average molecular weight is 236 g/mol. The van der Waals surface area contributed by atoms with Gasteiger partial charge in [-0.3, -0.25) is 0 Å². The average Bonchev–Trinajstić information content (AvgIpc) is 2.10. The highest BCUT2D eigenvalue weighted by molar-refractivity contribution is 6.17. The third-order valence-corrected chi connectivity index (χ3v) is 2.17. The van der Waals surface area contributed by atoms with Crippen molar-refractivity contribution in [1.82, 2.24) is 4.90 Å². The van der Waals surface area contributed by atoms with E-state index in [2.05, 4.69) is 32.6 Å². The van der Waals surface area contributed by atoms with Crippen molar-refractivity contribution >= 4 is 11.6 Å². The molecule has 0 heterocycles. The summed E-state index contributed by atoms with van der Waals surface area (Å²) in [5, 5.41) is 0. The van der Waals surface area contributed by atoms with Crippen LogP contribution in [0.5, 0.6) is 0 Å². The molecule has 0 atom stereocenters. The highest BCUT2D eigenvalue weighted by atomic mass is 35.5. The Morgan fingerprint density at radius 3 is 1.93 bits per heavy atom. The van der Waals surface area contributed by atoms with Crippen molar-refractivity contribution in [2.24, 2.45) is 11.8 Å². The number of alkyl halides is 1. The van der Waals surface area contributed by atoms with Gasteiger partial charge in [0.25, 0.3) is 0 Å². The van der Waals surface area contributed by atoms with Crippen LogP contribution in [0.3, 0.4) is 0 Å². The van der Waals surface area contributed by atoms with Gasteiger partial charge < -0.3 is 9.64 Å². The van der Waals surface area contributed by atoms with E-state index in [0.29, 0.717) is 12.5 Å². The van der Waals surface area contributed by atoms with Crippen LogP contribution in [-0.4, -0.2) is 43.6 Å². The maximum absolute atomic E-state index is 5.55. The lowest BCUT2D eigenvalue weighted by molar-refractivity contribution is 0.104. The first-order valence-corrected chi connectivity index (χ1v) is 6.45. The number of halogens is 1. The summed E-state index contributed by atoms with van der Waals surface area (Å²) in [5.74, 6) is 2.03. The summed E-state index contributed by atoms with van der Waals surface area (Å²) in [5.41, 5.74) is 0. The molecular weight excluding hydrogens is 210 g/mol. The highest BCUT2D eigenvalue weighted by Gasteiger charge is 2.08. The first-order valence-electron chi connectivity index (χ1n) is 5.92. The maximum atomic E-state index is 5.55. The smallest absolute Gasteiger partial charge is 0.0602 e. The summed E-state index contributed by atoms with van der Waals surface area (Å²) in [6.45, 7) is 13.8. The zero-order valence-corrected chi connectivity index (χ0v) is 11.4. The molecule has 0 rings (SSSR count). The predicted octanol–water partition coefficient (Wildman–Crippen LogP) is 2.86. The van der Waals surface area contributed by atoms with Crippen molar-refractivity contribution in [1.29, 1.82) is 0 Å². The minimum absolute atomic E-state index is 0.592. The Labute approximate surface area is 99.9 Å². The van der Waals surface area contributed by atoms with Gasteiger partial charge in [-0.05, 0) is 11.8 Å². The Kier molecular flexibility index (Phi) is 9.57. The molecule has 0 aromatic heterocycles. The molecule has 3 heteroatoms. The van der Waals surface area contributed by atoms with E-state index in [0.717, 1.165) is 38.1 Å². The Hall–Kier alpha value is 0.210. The molecule has 0 saturated carbocycles. The monoisotopic (exact) mass is 235 g/mol. The van der Waals surface area contributed by atoms with E-state index < -0.39 is 0 Å². The van der Waals surface area contributed by atoms with Crippen LogP contribution in [0.4, 0.5) is 0 Å². The second-order valence-electron chi connectivity index (χ2n) is 4.85. The largest absolute Gasteiger partial charge is 0.379 e. The zero-order chi connectivity index (χ0) is 11.7. The van der Waals surface area contributed by atoms with Crippen LogP contribution in [-0.2, 0) is 4.74 Å². The van der Waals surface area contributed by atoms with Crippen LogP contribution in [0.2, 0.25) is 0 Å². The fourth-order valence-corrected chi connectivity index (χ4v) is 1.75. The van der Waals surface area contributed by atoms with E-state index in [1.165, 1.54) is 0 Å². The first-order chi connectivity index (χ1) is 7.06. The number of hydrogen-bond acceptors (Lipinski definition) is 2. The van der Waals surface area contributed by atoms with Gasteiger partial charge in [0.1, 0.15) is 0 Å². The van der Waals surface area contributed by atoms with Crippen LogP contribution in [0.15, 0.2) is 0 Å². The second kappa shape index (κ2) is 9.44. The van der Waals surface area contributed by atoms with Crippen molar-refractivity contribution in [2.75, 3.05) is 38.7 Å². The molecule has 0 aromatic rings. The Morgan fingerprint density at radius 1 is 1.00 bits per heavy atom. The number of hydrogen-bond donors (Lipinski definition) is 0. The van der Waals surface area contributed by atoms with Gasteiger partial charge in [0, 0.05) is 25.5 Å². The fraction of sp³-hybridized carbons (Fsp3) is 1.00. The Bertz CT molecular complexity index is 130. The molecule has 0 aliphatic rings. The lowest BCUT2D eigenvalue weighted by Crippen LogP contribution is -2.34. The van der Waals surface area contributed by atoms with Gasteiger partial charge in [-0.25, -0.2) is 0 Å². The van der Waals surface area contributed by atoms with Gasteiger partial charge in [-0.15, -0.1) is 11.6 Å². The first kappa shape index (κ1) is 15.2. The van der Waals surface area contributed by atoms with Gasteiger partial charge in [0.05, 0.1) is 13.2 Å². The van der Waals surface area contributed by atoms with Gasteiger partial charge in [-0.2, -0.15) is 0 Å². The molecule has 0 spiro atoms. The maximum Gasteiger partial charge on any atom is 0.0602 e. The van der Waals surface area contributed by atoms with Gasteiger partial charge in [-0.1, -0.05) is 27.7 Å². The van der Waals surface area contributed by atoms with Gasteiger partial charge in [0.15, 0.2) is 0 Å². The van der Waals surface area contributed by atoms with Crippen molar-refractivity contribution < 1.29 is 4.74 Å². The fourth-order valence-electron chi connectivity index (χ4n) is 1.64. The van der Waals surface area contributed by atoms with Crippen molar-refractivity contribution in [2.45, 2.75) is 27.7 Å². The van der Waals surface area contributed by atoms with E-state index in [1.807, 2.05) is 0 Å². The second-order valence-corrected chi connectivity index (χ2v) is 5.23. The van der Waals surface area contributed by atoms with Crippen LogP contribution < -0.4 is 0 Å². The van der Waals surface area contributed by atoms with Crippen LogP contribution >= 0.6 is 11.6 Å². The molecule has 0 amide bonds. The standard InChI is InChI=1S/C12H26ClNO/c1-11(2)9-14(10-12(3)4)6-8-15-7-5-13/h11-12H,5-10H2,1-4H3. The summed E-state index contributed by atoms with van der Waals surface area (Å²) in [7, 11) is 0. The number of rotatable bonds is 9. The summed E-state index contributed by atoms with van der Waals surface area (Å²) in [6, 6.07) is 0. The zero-order valence-electron chi connectivity index (χ0n) is 10.6. The summed E-state index contributed by atoms with van der Waals surface area (Å²) in [6.07, 6.45) is 0. The SMILES string of the molecule is CC(C)CN(CCOCCCl)CC(C)C. The summed E-state index contributed by atoms with van der Waals surface area (Å²) in [4.78, 5) is 2.48. The molecule has 0 aliphatic carbocycles. The van der Waals surface area contributed by atoms with E-state index in [-0.39, 0.29) is 0 Å². The molecule has 0 fully saturated rings. The van der Waals surface area contributed by atoms with E-state index in [1.54, 1.807) is 0 Å². The third-order valence-electron chi connectivity index (χ3n) is 2.02. The lowest BCUT2D eigenvalue weighted by Gasteiger charge is -2.25. The van der Waals surface area contributed by atoms with Crippen molar-refractivity contribution in [3.63, 3.8) is 0 Å². The van der Waals surface area contributed by atoms with Crippen molar-refractivity contribution in [3.8, 4) is 0 Å². The van der Waals surface area contributed by atoms with E-state index in [9.17, 15) is 0 Å². The molecule has 0 radical (unpaired) electrons. The van der Waals surface area contributed by atoms with Crippen LogP contribution in [0.25, 0.3) is 0 Å². The number of ether oxygens (including phenoxy) is 1. The topological polar surface area (TPSA) is 12.5 Å². The minimum atomic E-state index is 0.592. The Balaban J connectivity index is 3.69. The molecule has 92 valence electrons. The van der Waals surface area contributed by atoms with Gasteiger partial charge in [0.2, 0.25) is 0 Å². The molecule has 0 N–H and O–H groups in total. The summed E-state index contributed by atoms with van der Waals surface area (Å²) < 4.78 is 5.40. The Morgan fingerprint density at radius 2 is 1.53 bits per heavy atom. The molecule has 2 nitrogen and oxygen atoms in total. The van der Waals surface area contributed by atoms with Crippen LogP contribution in [0, 0.1) is 11.8 Å². The van der Waals surface area contributed by atoms with Gasteiger partial charge >= 0.3 is 0 Å². The normalized spacial score (nSPS) is 12.0. The quantitative estimate of drug-likeness (QED) is 0.450. The molecule has 0 aromatic carbocycles. The number of nitrogens with zero attached hydrogens (tertiary/aromatic N) is 1. The molecule has 0 unspecified atom stereocenters. The molecule has 0 bridgehead atoms. The summed E-state index contributed by atoms with van der Waals surface area (Å²) >= 11 is 5.55. The molecule has 15 heavy (non-hydrogen) atoms. The van der Waals surface area contributed by atoms with Crippen molar-refractivity contribution in [3.05, 3.63) is 0 Å². The molecule has 0 saturated heterocycles. The molecular formula is C12H26ClNO. The minimum Gasteiger partial charge on any atom is -0.379 e. The van der Waals surface area contributed by atoms with E-state index in [4.69, 9.17) is 16.3 Å². The lowest BCUT2D eigenvalue weighted by atomic mass is 10.1. The van der Waals surface area contributed by atoms with E-state index >= 15 is 0 Å². The predicted molar refractivity (Wildman–Crippen MR) is 67.7 cm³/mol. The third kappa shape index (κ3) is 10.5. The molecule has 0 aliphatic heterocycles. The van der Waals surface area contributed by atoms with Crippen LogP contribution in [0.1, 0.15) is 27.7 Å². The highest BCUT2D eigenvalue weighted by Crippen LogP contribution is 2.03.